The molecular weight excluding hydrogens is 394 g/mol. The molecule has 2 N–H and O–H groups in total. The van der Waals surface area contributed by atoms with Gasteiger partial charge in [0.1, 0.15) is 12.0 Å². The lowest BCUT2D eigenvalue weighted by Crippen LogP contribution is -2.29. The maximum Gasteiger partial charge on any atom is 0.311 e. The van der Waals surface area contributed by atoms with E-state index in [1.165, 1.54) is 19.2 Å². The number of aldehydes is 1. The third-order valence-electron chi connectivity index (χ3n) is 5.21. The van der Waals surface area contributed by atoms with Gasteiger partial charge < -0.3 is 14.6 Å². The summed E-state index contributed by atoms with van der Waals surface area (Å²) in [7, 11) is -2.11. The van der Waals surface area contributed by atoms with Gasteiger partial charge in [0, 0.05) is 13.0 Å². The Morgan fingerprint density at radius 3 is 2.52 bits per heavy atom. The highest BCUT2D eigenvalue weighted by molar-refractivity contribution is 7.89. The minimum atomic E-state index is -3.62. The van der Waals surface area contributed by atoms with E-state index in [1.807, 2.05) is 12.1 Å². The number of fused-ring (bicyclic) bond motifs is 1. The van der Waals surface area contributed by atoms with Gasteiger partial charge in [-0.2, -0.15) is 0 Å². The number of carbonyl (C=O) groups is 2. The van der Waals surface area contributed by atoms with E-state index in [0.29, 0.717) is 30.4 Å². The zero-order valence-electron chi connectivity index (χ0n) is 16.0. The summed E-state index contributed by atoms with van der Waals surface area (Å²) in [5.74, 6) is -1.22. The molecule has 2 unspecified atom stereocenters. The number of nitrogens with one attached hydrogen (secondary N) is 1. The molecule has 0 radical (unpaired) electrons. The minimum Gasteiger partial charge on any atom is -0.497 e. The zero-order chi connectivity index (χ0) is 21.0. The van der Waals surface area contributed by atoms with Gasteiger partial charge in [-0.25, -0.2) is 13.1 Å². The van der Waals surface area contributed by atoms with Crippen LogP contribution in [0.3, 0.4) is 0 Å². The first-order chi connectivity index (χ1) is 13.8. The summed E-state index contributed by atoms with van der Waals surface area (Å²) in [6.07, 6.45) is 1.91. The van der Waals surface area contributed by atoms with Crippen LogP contribution in [-0.2, 0) is 32.5 Å². The maximum absolute atomic E-state index is 12.5. The molecule has 2 aromatic rings. The first-order valence-electron chi connectivity index (χ1n) is 9.26. The van der Waals surface area contributed by atoms with Gasteiger partial charge in [-0.1, -0.05) is 18.2 Å². The van der Waals surface area contributed by atoms with Crippen molar-refractivity contribution in [2.24, 2.45) is 5.92 Å². The number of sulfonamides is 1. The Morgan fingerprint density at radius 2 is 1.90 bits per heavy atom. The maximum atomic E-state index is 12.5. The number of carbonyl (C=O) groups excluding carboxylic acids is 1. The van der Waals surface area contributed by atoms with E-state index in [9.17, 15) is 23.1 Å². The molecule has 7 nitrogen and oxygen atoms in total. The van der Waals surface area contributed by atoms with Crippen LogP contribution in [0.1, 0.15) is 29.0 Å². The second-order valence-corrected chi connectivity index (χ2v) is 8.89. The van der Waals surface area contributed by atoms with Gasteiger partial charge in [0.2, 0.25) is 10.0 Å². The Morgan fingerprint density at radius 1 is 1.21 bits per heavy atom. The molecule has 2 atom stereocenters. The molecule has 1 aliphatic rings. The van der Waals surface area contributed by atoms with E-state index in [1.54, 1.807) is 18.2 Å². The Bertz CT molecular complexity index is 1000. The van der Waals surface area contributed by atoms with Crippen LogP contribution in [0.15, 0.2) is 47.4 Å². The van der Waals surface area contributed by atoms with E-state index in [-0.39, 0.29) is 23.8 Å². The van der Waals surface area contributed by atoms with Crippen LogP contribution in [0.2, 0.25) is 0 Å². The van der Waals surface area contributed by atoms with Crippen LogP contribution < -0.4 is 9.46 Å². The summed E-state index contributed by atoms with van der Waals surface area (Å²) >= 11 is 0. The molecule has 29 heavy (non-hydrogen) atoms. The van der Waals surface area contributed by atoms with E-state index in [0.717, 1.165) is 11.1 Å². The molecule has 0 saturated carbocycles. The Labute approximate surface area is 169 Å². The molecule has 0 bridgehead atoms. The summed E-state index contributed by atoms with van der Waals surface area (Å²) in [6, 6.07) is 11.6. The van der Waals surface area contributed by atoms with Gasteiger partial charge in [0.05, 0.1) is 17.9 Å². The molecule has 3 rings (SSSR count). The van der Waals surface area contributed by atoms with Crippen molar-refractivity contribution in [3.05, 3.63) is 59.2 Å². The van der Waals surface area contributed by atoms with E-state index >= 15 is 0 Å². The SMILES string of the molecule is COc1ccc(S(=O)(=O)NCC2Cc3ccc(C(CC=O)C(=O)O)cc3C2)cc1. The van der Waals surface area contributed by atoms with Gasteiger partial charge in [-0.15, -0.1) is 0 Å². The topological polar surface area (TPSA) is 110 Å². The second-order valence-electron chi connectivity index (χ2n) is 7.12. The number of benzene rings is 2. The van der Waals surface area contributed by atoms with Crippen molar-refractivity contribution >= 4 is 22.3 Å². The number of ether oxygens (including phenoxy) is 1. The van der Waals surface area contributed by atoms with E-state index in [4.69, 9.17) is 4.74 Å². The number of hydrogen-bond donors (Lipinski definition) is 2. The van der Waals surface area contributed by atoms with Crippen molar-refractivity contribution < 1.29 is 27.9 Å². The Balaban J connectivity index is 1.66. The average molecular weight is 417 g/mol. The fourth-order valence-electron chi connectivity index (χ4n) is 3.63. The highest BCUT2D eigenvalue weighted by atomic mass is 32.2. The van der Waals surface area contributed by atoms with Crippen molar-refractivity contribution in [1.82, 2.24) is 4.72 Å². The largest absolute Gasteiger partial charge is 0.497 e. The highest BCUT2D eigenvalue weighted by Gasteiger charge is 2.26. The van der Waals surface area contributed by atoms with Crippen molar-refractivity contribution in [1.29, 1.82) is 0 Å². The van der Waals surface area contributed by atoms with Crippen molar-refractivity contribution in [3.8, 4) is 5.75 Å². The quantitative estimate of drug-likeness (QED) is 0.605. The fraction of sp³-hybridized carbons (Fsp3) is 0.333. The molecule has 8 heteroatoms. The fourth-order valence-corrected chi connectivity index (χ4v) is 4.75. The predicted octanol–water partition coefficient (Wildman–Crippen LogP) is 2.15. The Hall–Kier alpha value is -2.71. The van der Waals surface area contributed by atoms with Crippen LogP contribution in [0, 0.1) is 5.92 Å². The normalized spacial score (nSPS) is 16.8. The first-order valence-corrected chi connectivity index (χ1v) is 10.7. The molecule has 0 aliphatic heterocycles. The van der Waals surface area contributed by atoms with Crippen molar-refractivity contribution in [2.75, 3.05) is 13.7 Å². The van der Waals surface area contributed by atoms with Crippen molar-refractivity contribution in [2.45, 2.75) is 30.1 Å². The molecule has 154 valence electrons. The number of hydrogen-bond acceptors (Lipinski definition) is 5. The van der Waals surface area contributed by atoms with Gasteiger partial charge in [-0.05, 0) is 59.7 Å². The Kier molecular flexibility index (Phi) is 6.34. The van der Waals surface area contributed by atoms with E-state index < -0.39 is 21.9 Å². The molecule has 1 aliphatic carbocycles. The number of methoxy groups -OCH3 is 1. The summed E-state index contributed by atoms with van der Waals surface area (Å²) < 4.78 is 32.7. The molecular formula is C21H23NO6S. The summed E-state index contributed by atoms with van der Waals surface area (Å²) in [6.45, 7) is 0.287. The molecule has 0 spiro atoms. The molecule has 0 heterocycles. The molecule has 2 aromatic carbocycles. The van der Waals surface area contributed by atoms with Gasteiger partial charge >= 0.3 is 5.97 Å². The monoisotopic (exact) mass is 417 g/mol. The lowest BCUT2D eigenvalue weighted by atomic mass is 9.93. The lowest BCUT2D eigenvalue weighted by molar-refractivity contribution is -0.139. The van der Waals surface area contributed by atoms with Crippen LogP contribution >= 0.6 is 0 Å². The lowest BCUT2D eigenvalue weighted by Gasteiger charge is -2.12. The molecule has 0 amide bonds. The van der Waals surface area contributed by atoms with Crippen LogP contribution in [0.25, 0.3) is 0 Å². The first kappa shape index (κ1) is 21.0. The highest BCUT2D eigenvalue weighted by Crippen LogP contribution is 2.30. The number of carboxylic acids is 1. The van der Waals surface area contributed by atoms with Crippen LogP contribution in [0.5, 0.6) is 5.75 Å². The predicted molar refractivity (Wildman–Crippen MR) is 107 cm³/mol. The summed E-state index contributed by atoms with van der Waals surface area (Å²) in [4.78, 5) is 22.3. The summed E-state index contributed by atoms with van der Waals surface area (Å²) in [5.41, 5.74) is 2.69. The molecule has 0 fully saturated rings. The van der Waals surface area contributed by atoms with Crippen LogP contribution in [-0.4, -0.2) is 39.4 Å². The number of aliphatic carboxylic acids is 1. The second kappa shape index (κ2) is 8.75. The number of carboxylic acid groups (broad SMARTS) is 1. The van der Waals surface area contributed by atoms with Crippen LogP contribution in [0.4, 0.5) is 0 Å². The summed E-state index contributed by atoms with van der Waals surface area (Å²) in [5, 5.41) is 9.33. The zero-order valence-corrected chi connectivity index (χ0v) is 16.8. The van der Waals surface area contributed by atoms with Gasteiger partial charge in [0.25, 0.3) is 0 Å². The smallest absolute Gasteiger partial charge is 0.311 e. The standard InChI is InChI=1S/C21H23NO6S/c1-28-18-4-6-19(7-5-18)29(26,27)22-13-14-10-15-2-3-16(12-17(15)11-14)20(8-9-23)21(24)25/h2-7,9,12,14,20,22H,8,10-11,13H2,1H3,(H,24,25). The average Bonchev–Trinajstić information content (AvgIpc) is 3.12. The van der Waals surface area contributed by atoms with E-state index in [2.05, 4.69) is 4.72 Å². The third kappa shape index (κ3) is 4.83. The molecule has 0 saturated heterocycles. The van der Waals surface area contributed by atoms with Gasteiger partial charge in [-0.3, -0.25) is 4.79 Å². The molecule has 0 aromatic heterocycles. The van der Waals surface area contributed by atoms with Crippen molar-refractivity contribution in [3.63, 3.8) is 0 Å². The minimum absolute atomic E-state index is 0.0702. The van der Waals surface area contributed by atoms with Gasteiger partial charge in [0.15, 0.2) is 0 Å². The number of rotatable bonds is 9. The third-order valence-corrected chi connectivity index (χ3v) is 6.65.